The van der Waals surface area contributed by atoms with Gasteiger partial charge in [-0.05, 0) is 5.53 Å². The van der Waals surface area contributed by atoms with Crippen LogP contribution in [0.5, 0.6) is 0 Å². The topological polar surface area (TPSA) is 98.1 Å². The lowest BCUT2D eigenvalue weighted by molar-refractivity contribution is -0.131. The van der Waals surface area contributed by atoms with Crippen LogP contribution in [0.4, 0.5) is 0 Å². The molecule has 6 heteroatoms. The molecule has 10 heavy (non-hydrogen) atoms. The van der Waals surface area contributed by atoms with Crippen molar-refractivity contribution in [3.63, 3.8) is 0 Å². The van der Waals surface area contributed by atoms with Crippen LogP contribution < -0.4 is 5.32 Å². The minimum atomic E-state index is -0.713. The van der Waals surface area contributed by atoms with Crippen LogP contribution in [-0.2, 0) is 4.79 Å². The van der Waals surface area contributed by atoms with Gasteiger partial charge >= 0.3 is 0 Å². The van der Waals surface area contributed by atoms with Gasteiger partial charge in [0.1, 0.15) is 6.04 Å². The van der Waals surface area contributed by atoms with Gasteiger partial charge in [-0.25, -0.2) is 0 Å². The fourth-order valence-corrected chi connectivity index (χ4v) is 0.768. The summed E-state index contributed by atoms with van der Waals surface area (Å²) in [6.07, 6.45) is 0. The normalized spacial score (nSPS) is 29.9. The van der Waals surface area contributed by atoms with Gasteiger partial charge in [-0.15, -0.1) is 0 Å². The lowest BCUT2D eigenvalue weighted by atomic mass is 10.0. The Kier molecular flexibility index (Phi) is 1.75. The van der Waals surface area contributed by atoms with Gasteiger partial charge in [0, 0.05) is 4.91 Å². The van der Waals surface area contributed by atoms with Gasteiger partial charge < -0.3 is 10.4 Å². The fourth-order valence-electron chi connectivity index (χ4n) is 0.768. The van der Waals surface area contributed by atoms with Crippen molar-refractivity contribution in [2.45, 2.75) is 12.1 Å². The lowest BCUT2D eigenvalue weighted by Gasteiger charge is -2.31. The van der Waals surface area contributed by atoms with Crippen molar-refractivity contribution < 1.29 is 9.90 Å². The van der Waals surface area contributed by atoms with Crippen molar-refractivity contribution >= 4 is 5.91 Å². The average Bonchev–Trinajstić information content (AvgIpc) is 1.95. The van der Waals surface area contributed by atoms with Gasteiger partial charge in [-0.1, -0.05) is 5.11 Å². The van der Waals surface area contributed by atoms with Crippen LogP contribution in [-0.4, -0.2) is 29.7 Å². The van der Waals surface area contributed by atoms with Crippen LogP contribution in [0, 0.1) is 0 Å². The molecule has 0 aliphatic carbocycles. The molecular weight excluding hydrogens is 136 g/mol. The van der Waals surface area contributed by atoms with E-state index in [9.17, 15) is 4.79 Å². The Hall–Kier alpha value is -1.26. The van der Waals surface area contributed by atoms with Gasteiger partial charge in [-0.3, -0.25) is 4.79 Å². The zero-order valence-electron chi connectivity index (χ0n) is 5.06. The van der Waals surface area contributed by atoms with Crippen molar-refractivity contribution in [2.75, 3.05) is 6.61 Å². The van der Waals surface area contributed by atoms with E-state index in [-0.39, 0.29) is 18.6 Å². The highest BCUT2D eigenvalue weighted by molar-refractivity contribution is 5.89. The first-order valence-electron chi connectivity index (χ1n) is 2.75. The van der Waals surface area contributed by atoms with Crippen molar-refractivity contribution in [1.82, 2.24) is 5.32 Å². The molecule has 0 radical (unpaired) electrons. The molecule has 2 unspecified atom stereocenters. The summed E-state index contributed by atoms with van der Waals surface area (Å²) in [6, 6.07) is -1.10. The third-order valence-electron chi connectivity index (χ3n) is 1.35. The van der Waals surface area contributed by atoms with Crippen LogP contribution >= 0.6 is 0 Å². The number of carbonyl (C=O) groups is 1. The van der Waals surface area contributed by atoms with E-state index < -0.39 is 6.04 Å². The molecule has 0 bridgehead atoms. The quantitative estimate of drug-likeness (QED) is 0.227. The third kappa shape index (κ3) is 0.896. The summed E-state index contributed by atoms with van der Waals surface area (Å²) in [5.41, 5.74) is 7.93. The van der Waals surface area contributed by atoms with E-state index in [1.165, 1.54) is 0 Å². The number of hydrogen-bond acceptors (Lipinski definition) is 3. The molecule has 6 nitrogen and oxygen atoms in total. The summed E-state index contributed by atoms with van der Waals surface area (Å²) in [6.45, 7) is -0.185. The van der Waals surface area contributed by atoms with Crippen LogP contribution in [0.1, 0.15) is 0 Å². The fraction of sp³-hybridized carbons (Fsp3) is 0.750. The molecule has 1 fully saturated rings. The van der Waals surface area contributed by atoms with E-state index in [2.05, 4.69) is 15.3 Å². The summed E-state index contributed by atoms with van der Waals surface area (Å²) >= 11 is 0. The zero-order chi connectivity index (χ0) is 7.56. The van der Waals surface area contributed by atoms with Crippen LogP contribution in [0.3, 0.4) is 0 Å². The Bertz CT molecular complexity index is 195. The highest BCUT2D eigenvalue weighted by Crippen LogP contribution is 2.09. The third-order valence-corrected chi connectivity index (χ3v) is 1.35. The molecule has 1 saturated heterocycles. The van der Waals surface area contributed by atoms with Gasteiger partial charge in [0.05, 0.1) is 12.6 Å². The van der Waals surface area contributed by atoms with E-state index in [0.29, 0.717) is 0 Å². The SMILES string of the molecule is [N-]=[N+]=NC1C(=O)NC1CO. The molecule has 2 atom stereocenters. The number of azide groups is 1. The zero-order valence-corrected chi connectivity index (χ0v) is 5.06. The number of rotatable bonds is 2. The van der Waals surface area contributed by atoms with Crippen molar-refractivity contribution in [3.05, 3.63) is 10.4 Å². The Labute approximate surface area is 56.5 Å². The molecule has 1 rings (SSSR count). The van der Waals surface area contributed by atoms with Crippen LogP contribution in [0.15, 0.2) is 5.11 Å². The highest BCUT2D eigenvalue weighted by atomic mass is 16.3. The van der Waals surface area contributed by atoms with E-state index in [4.69, 9.17) is 10.6 Å². The van der Waals surface area contributed by atoms with Gasteiger partial charge in [0.25, 0.3) is 0 Å². The largest absolute Gasteiger partial charge is 0.394 e. The van der Waals surface area contributed by atoms with E-state index >= 15 is 0 Å². The summed E-state index contributed by atoms with van der Waals surface area (Å²) in [7, 11) is 0. The number of nitrogens with zero attached hydrogens (tertiary/aromatic N) is 3. The first-order valence-corrected chi connectivity index (χ1v) is 2.75. The second-order valence-electron chi connectivity index (χ2n) is 1.95. The molecule has 1 aliphatic heterocycles. The van der Waals surface area contributed by atoms with Crippen molar-refractivity contribution in [3.8, 4) is 0 Å². The summed E-state index contributed by atoms with van der Waals surface area (Å²) in [5, 5.41) is 14.0. The summed E-state index contributed by atoms with van der Waals surface area (Å²) in [5.74, 6) is -0.322. The maximum Gasteiger partial charge on any atom is 0.231 e. The van der Waals surface area contributed by atoms with Gasteiger partial charge in [0.2, 0.25) is 5.91 Å². The molecule has 0 spiro atoms. The van der Waals surface area contributed by atoms with E-state index in [1.807, 2.05) is 0 Å². The van der Waals surface area contributed by atoms with Crippen molar-refractivity contribution in [1.29, 1.82) is 0 Å². The summed E-state index contributed by atoms with van der Waals surface area (Å²) < 4.78 is 0. The first-order chi connectivity index (χ1) is 4.79. The highest BCUT2D eigenvalue weighted by Gasteiger charge is 2.37. The lowest BCUT2D eigenvalue weighted by Crippen LogP contribution is -2.62. The number of amides is 1. The summed E-state index contributed by atoms with van der Waals surface area (Å²) in [4.78, 5) is 13.0. The number of nitrogens with one attached hydrogen (secondary N) is 1. The number of carbonyl (C=O) groups excluding carboxylic acids is 1. The first kappa shape index (κ1) is 6.85. The molecular formula is C4H6N4O2. The number of β-lactam (4-membered cyclic amide) rings is 1. The van der Waals surface area contributed by atoms with Gasteiger partial charge in [0.15, 0.2) is 0 Å². The van der Waals surface area contributed by atoms with E-state index in [0.717, 1.165) is 0 Å². The predicted octanol–water partition coefficient (Wildman–Crippen LogP) is -0.844. The monoisotopic (exact) mass is 142 g/mol. The van der Waals surface area contributed by atoms with E-state index in [1.54, 1.807) is 0 Å². The molecule has 0 aromatic rings. The van der Waals surface area contributed by atoms with Gasteiger partial charge in [-0.2, -0.15) is 0 Å². The molecule has 1 amide bonds. The standard InChI is InChI=1S/C4H6N4O2/c5-8-7-3-2(1-9)6-4(3)10/h2-3,9H,1H2,(H,6,10). The molecule has 54 valence electrons. The predicted molar refractivity (Wildman–Crippen MR) is 32.0 cm³/mol. The maximum atomic E-state index is 10.5. The second-order valence-corrected chi connectivity index (χ2v) is 1.95. The van der Waals surface area contributed by atoms with Crippen LogP contribution in [0.25, 0.3) is 10.4 Å². The number of hydrogen-bond donors (Lipinski definition) is 2. The van der Waals surface area contributed by atoms with Crippen molar-refractivity contribution in [2.24, 2.45) is 5.11 Å². The Morgan fingerprint density at radius 1 is 1.90 bits per heavy atom. The number of aliphatic hydroxyl groups is 1. The molecule has 1 heterocycles. The molecule has 2 N–H and O–H groups in total. The second kappa shape index (κ2) is 2.55. The molecule has 1 aliphatic rings. The average molecular weight is 142 g/mol. The minimum absolute atomic E-state index is 0.185. The Morgan fingerprint density at radius 3 is 3.00 bits per heavy atom. The minimum Gasteiger partial charge on any atom is -0.394 e. The Morgan fingerprint density at radius 2 is 2.60 bits per heavy atom. The molecule has 0 saturated carbocycles. The molecule has 0 aromatic carbocycles. The smallest absolute Gasteiger partial charge is 0.231 e. The number of aliphatic hydroxyl groups excluding tert-OH is 1. The Balaban J connectivity index is 2.55. The maximum absolute atomic E-state index is 10.5. The van der Waals surface area contributed by atoms with Crippen LogP contribution in [0.2, 0.25) is 0 Å². The molecule has 0 aromatic heterocycles.